The second-order valence-corrected chi connectivity index (χ2v) is 9.78. The van der Waals surface area contributed by atoms with Crippen molar-refractivity contribution in [3.8, 4) is 0 Å². The van der Waals surface area contributed by atoms with Crippen LogP contribution in [0.5, 0.6) is 0 Å². The van der Waals surface area contributed by atoms with E-state index in [1.807, 2.05) is 0 Å². The van der Waals surface area contributed by atoms with Gasteiger partial charge >= 0.3 is 11.9 Å². The van der Waals surface area contributed by atoms with Crippen molar-refractivity contribution in [3.05, 3.63) is 0 Å². The first-order chi connectivity index (χ1) is 17.8. The molecule has 214 valence electrons. The van der Waals surface area contributed by atoms with Crippen LogP contribution in [0.3, 0.4) is 0 Å². The summed E-state index contributed by atoms with van der Waals surface area (Å²) in [5.41, 5.74) is 5.50. The first kappa shape index (κ1) is 34.5. The molecule has 0 aliphatic heterocycles. The fourth-order valence-electron chi connectivity index (χ4n) is 4.02. The number of carbonyl (C=O) groups excluding carboxylic acids is 3. The molecule has 0 spiro atoms. The summed E-state index contributed by atoms with van der Waals surface area (Å²) in [5, 5.41) is 23.2. The number of nitrogens with two attached hydrogens (primary N) is 1. The summed E-state index contributed by atoms with van der Waals surface area (Å²) in [4.78, 5) is 56.4. The predicted molar refractivity (Wildman–Crippen MR) is 142 cm³/mol. The molecule has 0 aromatic heterocycles. The Morgan fingerprint density at radius 3 is 1.65 bits per heavy atom. The second-order valence-electron chi connectivity index (χ2n) is 9.78. The predicted octanol–water partition coefficient (Wildman–Crippen LogP) is 3.69. The number of aldehydes is 1. The maximum atomic E-state index is 12.1. The fourth-order valence-corrected chi connectivity index (χ4v) is 4.02. The summed E-state index contributed by atoms with van der Waals surface area (Å²) >= 11 is 0. The van der Waals surface area contributed by atoms with Gasteiger partial charge in [0, 0.05) is 25.8 Å². The maximum absolute atomic E-state index is 12.1. The van der Waals surface area contributed by atoms with Gasteiger partial charge in [0.25, 0.3) is 0 Å². The normalized spacial score (nSPS) is 12.5. The molecule has 2 unspecified atom stereocenters. The first-order valence-corrected chi connectivity index (χ1v) is 14.0. The zero-order chi connectivity index (χ0) is 27.7. The van der Waals surface area contributed by atoms with E-state index in [4.69, 9.17) is 10.8 Å². The molecule has 37 heavy (non-hydrogen) atoms. The van der Waals surface area contributed by atoms with E-state index in [-0.39, 0.29) is 37.5 Å². The van der Waals surface area contributed by atoms with Crippen LogP contribution in [-0.4, -0.2) is 58.9 Å². The average molecular weight is 528 g/mol. The molecular weight excluding hydrogens is 478 g/mol. The van der Waals surface area contributed by atoms with E-state index in [1.54, 1.807) is 0 Å². The first-order valence-electron chi connectivity index (χ1n) is 14.0. The lowest BCUT2D eigenvalue weighted by Gasteiger charge is -2.14. The highest BCUT2D eigenvalue weighted by Crippen LogP contribution is 2.13. The van der Waals surface area contributed by atoms with Crippen molar-refractivity contribution >= 4 is 30.0 Å². The number of carboxylic acid groups (broad SMARTS) is 2. The van der Waals surface area contributed by atoms with E-state index in [9.17, 15) is 29.1 Å². The zero-order valence-electron chi connectivity index (χ0n) is 22.4. The highest BCUT2D eigenvalue weighted by molar-refractivity contribution is 5.84. The molecule has 0 saturated heterocycles. The van der Waals surface area contributed by atoms with E-state index in [1.165, 1.54) is 25.7 Å². The van der Waals surface area contributed by atoms with Crippen LogP contribution >= 0.6 is 0 Å². The molecule has 2 atom stereocenters. The Kier molecular flexibility index (Phi) is 22.3. The number of rotatable bonds is 26. The molecule has 0 aliphatic rings. The van der Waals surface area contributed by atoms with Crippen LogP contribution in [-0.2, 0) is 24.0 Å². The molecule has 0 radical (unpaired) electrons. The molecular formula is C27H49N3O7. The van der Waals surface area contributed by atoms with Crippen molar-refractivity contribution in [2.45, 2.75) is 134 Å². The Morgan fingerprint density at radius 2 is 1.16 bits per heavy atom. The Hall–Kier alpha value is -2.49. The number of hydrogen-bond donors (Lipinski definition) is 5. The standard InChI is InChI=1S/C27H49N3O7/c28-22(21-31)15-13-14-20-29-24(32)19-18-23(27(36)37)30-25(33)16-11-9-7-5-3-1-2-4-6-8-10-12-17-26(34)35/h21-23H,1-20,28H2,(H,29,32)(H,30,33)(H,34,35)(H,36,37). The molecule has 0 fully saturated rings. The van der Waals surface area contributed by atoms with Crippen molar-refractivity contribution in [3.63, 3.8) is 0 Å². The second kappa shape index (κ2) is 23.9. The van der Waals surface area contributed by atoms with Crippen LogP contribution in [0.1, 0.15) is 122 Å². The van der Waals surface area contributed by atoms with Gasteiger partial charge in [-0.05, 0) is 38.5 Å². The van der Waals surface area contributed by atoms with Gasteiger partial charge in [-0.1, -0.05) is 64.2 Å². The number of carbonyl (C=O) groups is 5. The van der Waals surface area contributed by atoms with Gasteiger partial charge < -0.3 is 31.4 Å². The van der Waals surface area contributed by atoms with E-state index in [0.29, 0.717) is 38.5 Å². The summed E-state index contributed by atoms with van der Waals surface area (Å²) in [7, 11) is 0. The lowest BCUT2D eigenvalue weighted by molar-refractivity contribution is -0.142. The Bertz CT molecular complexity index is 658. The number of amides is 2. The molecule has 0 saturated carbocycles. The van der Waals surface area contributed by atoms with Crippen molar-refractivity contribution in [1.82, 2.24) is 10.6 Å². The molecule has 0 bridgehead atoms. The quantitative estimate of drug-likeness (QED) is 0.0835. The molecule has 0 aromatic carbocycles. The van der Waals surface area contributed by atoms with Gasteiger partial charge in [0.05, 0.1) is 6.04 Å². The fraction of sp³-hybridized carbons (Fsp3) is 0.815. The van der Waals surface area contributed by atoms with Crippen LogP contribution in [0.4, 0.5) is 0 Å². The van der Waals surface area contributed by atoms with Gasteiger partial charge in [-0.15, -0.1) is 0 Å². The minimum atomic E-state index is -1.15. The maximum Gasteiger partial charge on any atom is 0.326 e. The van der Waals surface area contributed by atoms with Crippen molar-refractivity contribution in [1.29, 1.82) is 0 Å². The molecule has 10 heteroatoms. The van der Waals surface area contributed by atoms with Crippen molar-refractivity contribution < 1.29 is 34.2 Å². The van der Waals surface area contributed by atoms with E-state index < -0.39 is 24.0 Å². The third-order valence-corrected chi connectivity index (χ3v) is 6.30. The lowest BCUT2D eigenvalue weighted by atomic mass is 10.0. The molecule has 0 heterocycles. The van der Waals surface area contributed by atoms with Gasteiger partial charge in [-0.2, -0.15) is 0 Å². The number of nitrogens with one attached hydrogen (secondary N) is 2. The minimum absolute atomic E-state index is 0.00974. The number of carboxylic acids is 2. The summed E-state index contributed by atoms with van der Waals surface area (Å²) in [6.45, 7) is 0.435. The van der Waals surface area contributed by atoms with Crippen LogP contribution in [0.25, 0.3) is 0 Å². The van der Waals surface area contributed by atoms with E-state index >= 15 is 0 Å². The van der Waals surface area contributed by atoms with Gasteiger partial charge in [-0.3, -0.25) is 14.4 Å². The molecule has 2 amide bonds. The molecule has 0 aromatic rings. The van der Waals surface area contributed by atoms with Crippen molar-refractivity contribution in [2.75, 3.05) is 6.54 Å². The smallest absolute Gasteiger partial charge is 0.326 e. The molecule has 6 N–H and O–H groups in total. The highest BCUT2D eigenvalue weighted by Gasteiger charge is 2.20. The molecule has 0 rings (SSSR count). The Morgan fingerprint density at radius 1 is 0.649 bits per heavy atom. The van der Waals surface area contributed by atoms with E-state index in [2.05, 4.69) is 10.6 Å². The molecule has 10 nitrogen and oxygen atoms in total. The average Bonchev–Trinajstić information content (AvgIpc) is 2.85. The monoisotopic (exact) mass is 527 g/mol. The summed E-state index contributed by atoms with van der Waals surface area (Å²) in [6, 6.07) is -1.56. The Labute approximate surface area is 221 Å². The van der Waals surface area contributed by atoms with Gasteiger partial charge in [-0.25, -0.2) is 4.79 Å². The number of hydrogen-bond acceptors (Lipinski definition) is 6. The largest absolute Gasteiger partial charge is 0.481 e. The third kappa shape index (κ3) is 23.6. The third-order valence-electron chi connectivity index (χ3n) is 6.30. The highest BCUT2D eigenvalue weighted by atomic mass is 16.4. The lowest BCUT2D eigenvalue weighted by Crippen LogP contribution is -2.41. The molecule has 0 aliphatic carbocycles. The topological polar surface area (TPSA) is 176 Å². The number of unbranched alkanes of at least 4 members (excludes halogenated alkanes) is 12. The SMILES string of the molecule is NC(C=O)CCCCNC(=O)CCC(NC(=O)CCCCCCCCCCCCCCC(=O)O)C(=O)O. The van der Waals surface area contributed by atoms with Crippen LogP contribution in [0.15, 0.2) is 0 Å². The zero-order valence-corrected chi connectivity index (χ0v) is 22.4. The van der Waals surface area contributed by atoms with Gasteiger partial charge in [0.1, 0.15) is 12.3 Å². The summed E-state index contributed by atoms with van der Waals surface area (Å²) in [6.07, 6.45) is 15.8. The van der Waals surface area contributed by atoms with Crippen LogP contribution in [0, 0.1) is 0 Å². The summed E-state index contributed by atoms with van der Waals surface area (Å²) in [5.74, 6) is -2.44. The summed E-state index contributed by atoms with van der Waals surface area (Å²) < 4.78 is 0. The minimum Gasteiger partial charge on any atom is -0.481 e. The number of aliphatic carboxylic acids is 2. The van der Waals surface area contributed by atoms with Gasteiger partial charge in [0.2, 0.25) is 11.8 Å². The van der Waals surface area contributed by atoms with Crippen LogP contribution < -0.4 is 16.4 Å². The van der Waals surface area contributed by atoms with Gasteiger partial charge in [0.15, 0.2) is 0 Å². The van der Waals surface area contributed by atoms with Crippen LogP contribution in [0.2, 0.25) is 0 Å². The van der Waals surface area contributed by atoms with Crippen molar-refractivity contribution in [2.24, 2.45) is 5.73 Å². The van der Waals surface area contributed by atoms with E-state index in [0.717, 1.165) is 44.9 Å². The Balaban J connectivity index is 3.72.